The third kappa shape index (κ3) is 1.76. The Kier molecular flexibility index (Phi) is 2.73. The monoisotopic (exact) mass is 246 g/mol. The Balaban J connectivity index is 2.03. The van der Waals surface area contributed by atoms with Crippen LogP contribution in [0.5, 0.6) is 0 Å². The number of nitro groups is 1. The molecule has 1 heterocycles. The van der Waals surface area contributed by atoms with Crippen LogP contribution in [0.3, 0.4) is 0 Å². The van der Waals surface area contributed by atoms with Crippen LogP contribution < -0.4 is 5.32 Å². The van der Waals surface area contributed by atoms with Gasteiger partial charge in [0.2, 0.25) is 0 Å². The average Bonchev–Trinajstić information content (AvgIpc) is 2.39. The van der Waals surface area contributed by atoms with Crippen molar-refractivity contribution >= 4 is 11.4 Å². The SMILES string of the molecule is O=[N+]([O-])c1ccc2c(c1)NCCC21CCCCC1. The van der Waals surface area contributed by atoms with E-state index in [9.17, 15) is 10.1 Å². The van der Waals surface area contributed by atoms with Crippen molar-refractivity contribution in [2.24, 2.45) is 0 Å². The van der Waals surface area contributed by atoms with Gasteiger partial charge in [-0.25, -0.2) is 0 Å². The van der Waals surface area contributed by atoms with E-state index in [4.69, 9.17) is 0 Å². The first-order valence-electron chi connectivity index (χ1n) is 6.74. The Bertz CT molecular complexity index is 479. The Hall–Kier alpha value is -1.58. The number of benzene rings is 1. The van der Waals surface area contributed by atoms with Crippen LogP contribution in [0.25, 0.3) is 0 Å². The van der Waals surface area contributed by atoms with Crippen LogP contribution in [0.1, 0.15) is 44.1 Å². The molecule has 0 bridgehead atoms. The number of hydrogen-bond acceptors (Lipinski definition) is 3. The van der Waals surface area contributed by atoms with Crippen LogP contribution in [-0.2, 0) is 5.41 Å². The van der Waals surface area contributed by atoms with Gasteiger partial charge in [-0.1, -0.05) is 19.3 Å². The van der Waals surface area contributed by atoms with Gasteiger partial charge in [0.05, 0.1) is 4.92 Å². The molecule has 1 aromatic rings. The first kappa shape index (κ1) is 11.5. The van der Waals surface area contributed by atoms with Gasteiger partial charge in [-0.3, -0.25) is 10.1 Å². The van der Waals surface area contributed by atoms with Gasteiger partial charge in [-0.05, 0) is 36.3 Å². The molecule has 0 unspecified atom stereocenters. The van der Waals surface area contributed by atoms with Crippen molar-refractivity contribution in [1.29, 1.82) is 0 Å². The third-order valence-corrected chi connectivity index (χ3v) is 4.51. The summed E-state index contributed by atoms with van der Waals surface area (Å²) in [7, 11) is 0. The lowest BCUT2D eigenvalue weighted by Crippen LogP contribution is -2.35. The predicted octanol–water partition coefficient (Wildman–Crippen LogP) is 3.61. The van der Waals surface area contributed by atoms with Gasteiger partial charge < -0.3 is 5.32 Å². The maximum Gasteiger partial charge on any atom is 0.271 e. The van der Waals surface area contributed by atoms with Crippen molar-refractivity contribution in [2.45, 2.75) is 43.9 Å². The standard InChI is InChI=1S/C14H18N2O2/c17-16(18)11-4-5-12-13(10-11)15-9-8-14(12)6-2-1-3-7-14/h4-5,10,15H,1-3,6-9H2. The van der Waals surface area contributed by atoms with Crippen molar-refractivity contribution in [3.8, 4) is 0 Å². The molecule has 1 aromatic carbocycles. The summed E-state index contributed by atoms with van der Waals surface area (Å²) in [5, 5.41) is 14.2. The second kappa shape index (κ2) is 4.26. The highest BCUT2D eigenvalue weighted by molar-refractivity contribution is 5.61. The lowest BCUT2D eigenvalue weighted by Gasteiger charge is -2.42. The minimum absolute atomic E-state index is 0.189. The maximum absolute atomic E-state index is 10.8. The summed E-state index contributed by atoms with van der Waals surface area (Å²) >= 11 is 0. The third-order valence-electron chi connectivity index (χ3n) is 4.51. The predicted molar refractivity (Wildman–Crippen MR) is 71.0 cm³/mol. The lowest BCUT2D eigenvalue weighted by molar-refractivity contribution is -0.384. The van der Waals surface area contributed by atoms with Gasteiger partial charge in [0, 0.05) is 24.4 Å². The van der Waals surface area contributed by atoms with Crippen LogP contribution in [-0.4, -0.2) is 11.5 Å². The molecule has 1 spiro atoms. The van der Waals surface area contributed by atoms with E-state index in [2.05, 4.69) is 5.32 Å². The largest absolute Gasteiger partial charge is 0.385 e. The van der Waals surface area contributed by atoms with E-state index in [0.717, 1.165) is 18.7 Å². The van der Waals surface area contributed by atoms with Crippen molar-refractivity contribution < 1.29 is 4.92 Å². The minimum Gasteiger partial charge on any atom is -0.385 e. The number of non-ortho nitro benzene ring substituents is 1. The Morgan fingerprint density at radius 1 is 1.17 bits per heavy atom. The van der Waals surface area contributed by atoms with Gasteiger partial charge >= 0.3 is 0 Å². The Morgan fingerprint density at radius 3 is 2.67 bits per heavy atom. The molecule has 0 saturated heterocycles. The fourth-order valence-corrected chi connectivity index (χ4v) is 3.57. The summed E-state index contributed by atoms with van der Waals surface area (Å²) in [6.45, 7) is 0.939. The van der Waals surface area contributed by atoms with Crippen LogP contribution in [0.15, 0.2) is 18.2 Å². The smallest absolute Gasteiger partial charge is 0.271 e. The zero-order valence-corrected chi connectivity index (χ0v) is 10.4. The van der Waals surface area contributed by atoms with E-state index < -0.39 is 0 Å². The maximum atomic E-state index is 10.8. The van der Waals surface area contributed by atoms with Crippen LogP contribution in [0.4, 0.5) is 11.4 Å². The van der Waals surface area contributed by atoms with Crippen molar-refractivity contribution in [2.75, 3.05) is 11.9 Å². The fourth-order valence-electron chi connectivity index (χ4n) is 3.57. The zero-order valence-electron chi connectivity index (χ0n) is 10.4. The summed E-state index contributed by atoms with van der Waals surface area (Å²) in [5.41, 5.74) is 2.76. The molecule has 1 N–H and O–H groups in total. The first-order valence-corrected chi connectivity index (χ1v) is 6.74. The van der Waals surface area contributed by atoms with Crippen LogP contribution in [0, 0.1) is 10.1 Å². The van der Waals surface area contributed by atoms with E-state index in [1.165, 1.54) is 37.7 Å². The molecule has 1 saturated carbocycles. The number of nitro benzene ring substituents is 1. The van der Waals surface area contributed by atoms with Gasteiger partial charge in [0.15, 0.2) is 0 Å². The van der Waals surface area contributed by atoms with Gasteiger partial charge in [-0.15, -0.1) is 0 Å². The van der Waals surface area contributed by atoms with Crippen molar-refractivity contribution in [3.63, 3.8) is 0 Å². The van der Waals surface area contributed by atoms with E-state index in [1.54, 1.807) is 12.1 Å². The molecule has 1 aliphatic carbocycles. The summed E-state index contributed by atoms with van der Waals surface area (Å²) in [6, 6.07) is 5.33. The lowest BCUT2D eigenvalue weighted by atomic mass is 9.65. The quantitative estimate of drug-likeness (QED) is 0.608. The fraction of sp³-hybridized carbons (Fsp3) is 0.571. The van der Waals surface area contributed by atoms with Crippen LogP contribution >= 0.6 is 0 Å². The van der Waals surface area contributed by atoms with Gasteiger partial charge in [-0.2, -0.15) is 0 Å². The van der Waals surface area contributed by atoms with Crippen molar-refractivity contribution in [3.05, 3.63) is 33.9 Å². The molecule has 1 aliphatic heterocycles. The zero-order chi connectivity index (χ0) is 12.6. The summed E-state index contributed by atoms with van der Waals surface area (Å²) < 4.78 is 0. The van der Waals surface area contributed by atoms with E-state index in [1.807, 2.05) is 6.07 Å². The highest BCUT2D eigenvalue weighted by atomic mass is 16.6. The molecule has 0 radical (unpaired) electrons. The number of nitrogens with one attached hydrogen (secondary N) is 1. The Morgan fingerprint density at radius 2 is 1.94 bits per heavy atom. The van der Waals surface area contributed by atoms with Gasteiger partial charge in [0.25, 0.3) is 5.69 Å². The average molecular weight is 246 g/mol. The first-order chi connectivity index (χ1) is 8.71. The second-order valence-corrected chi connectivity index (χ2v) is 5.50. The molecular formula is C14H18N2O2. The topological polar surface area (TPSA) is 55.2 Å². The number of rotatable bonds is 1. The normalized spacial score (nSPS) is 21.1. The number of fused-ring (bicyclic) bond motifs is 2. The molecule has 18 heavy (non-hydrogen) atoms. The van der Waals surface area contributed by atoms with E-state index in [-0.39, 0.29) is 16.0 Å². The van der Waals surface area contributed by atoms with Crippen molar-refractivity contribution in [1.82, 2.24) is 0 Å². The molecule has 4 nitrogen and oxygen atoms in total. The molecule has 3 rings (SSSR count). The number of anilines is 1. The molecule has 2 aliphatic rings. The number of hydrogen-bond donors (Lipinski definition) is 1. The molecular weight excluding hydrogens is 228 g/mol. The van der Waals surface area contributed by atoms with E-state index in [0.29, 0.717) is 0 Å². The number of nitrogens with zero attached hydrogens (tertiary/aromatic N) is 1. The van der Waals surface area contributed by atoms with Gasteiger partial charge in [0.1, 0.15) is 0 Å². The molecule has 0 atom stereocenters. The summed E-state index contributed by atoms with van der Waals surface area (Å²) in [6.07, 6.45) is 7.54. The molecule has 1 fully saturated rings. The summed E-state index contributed by atoms with van der Waals surface area (Å²) in [5.74, 6) is 0. The molecule has 0 amide bonds. The summed E-state index contributed by atoms with van der Waals surface area (Å²) in [4.78, 5) is 10.5. The molecule has 4 heteroatoms. The molecule has 0 aromatic heterocycles. The minimum atomic E-state index is -0.315. The second-order valence-electron chi connectivity index (χ2n) is 5.50. The highest BCUT2D eigenvalue weighted by Gasteiger charge is 2.38. The highest BCUT2D eigenvalue weighted by Crippen LogP contribution is 2.47. The van der Waals surface area contributed by atoms with E-state index >= 15 is 0 Å². The Labute approximate surface area is 107 Å². The molecule has 96 valence electrons. The van der Waals surface area contributed by atoms with Crippen LogP contribution in [0.2, 0.25) is 0 Å².